The number of thiophene rings is 1. The normalized spacial score (nSPS) is 19.8. The summed E-state index contributed by atoms with van der Waals surface area (Å²) in [4.78, 5) is 14.6. The van der Waals surface area contributed by atoms with Gasteiger partial charge in [0.25, 0.3) is 0 Å². The van der Waals surface area contributed by atoms with E-state index >= 15 is 0 Å². The third kappa shape index (κ3) is 3.06. The molecule has 1 fully saturated rings. The maximum atomic E-state index is 12.7. The zero-order chi connectivity index (χ0) is 16.4. The van der Waals surface area contributed by atoms with E-state index in [2.05, 4.69) is 22.1 Å². The Kier molecular flexibility index (Phi) is 4.30. The smallest absolute Gasteiger partial charge is 0.322 e. The van der Waals surface area contributed by atoms with E-state index in [1.807, 2.05) is 23.1 Å². The highest BCUT2D eigenvalue weighted by molar-refractivity contribution is 7.08. The Hall–Kier alpha value is -2.21. The van der Waals surface area contributed by atoms with Gasteiger partial charge in [0.1, 0.15) is 0 Å². The highest BCUT2D eigenvalue weighted by Gasteiger charge is 2.30. The molecule has 1 aromatic carbocycles. The molecule has 5 nitrogen and oxygen atoms in total. The fourth-order valence-electron chi connectivity index (χ4n) is 3.26. The van der Waals surface area contributed by atoms with Crippen molar-refractivity contribution in [3.8, 4) is 11.5 Å². The van der Waals surface area contributed by atoms with Crippen LogP contribution in [0.25, 0.3) is 0 Å². The van der Waals surface area contributed by atoms with Crippen LogP contribution in [0.4, 0.5) is 10.5 Å². The van der Waals surface area contributed by atoms with Crippen LogP contribution in [-0.2, 0) is 0 Å². The maximum absolute atomic E-state index is 12.7. The van der Waals surface area contributed by atoms with Crippen LogP contribution in [0.1, 0.15) is 30.9 Å². The molecule has 1 atom stereocenters. The van der Waals surface area contributed by atoms with Crippen molar-refractivity contribution in [1.29, 1.82) is 0 Å². The molecule has 0 spiro atoms. The number of urea groups is 1. The predicted molar refractivity (Wildman–Crippen MR) is 94.1 cm³/mol. The first kappa shape index (κ1) is 15.3. The molecule has 0 bridgehead atoms. The summed E-state index contributed by atoms with van der Waals surface area (Å²) in [5, 5.41) is 7.19. The van der Waals surface area contributed by atoms with Gasteiger partial charge in [0.2, 0.25) is 0 Å². The number of likely N-dealkylation sites (tertiary alicyclic amines) is 1. The Bertz CT molecular complexity index is 717. The average Bonchev–Trinajstić information content (AvgIpc) is 3.22. The van der Waals surface area contributed by atoms with Crippen molar-refractivity contribution in [1.82, 2.24) is 4.90 Å². The SMILES string of the molecule is O=C(Nc1ccc2c(c1)OCCCO2)N1CCC[C@@H]1c1ccsc1. The minimum absolute atomic E-state index is 0.0572. The first-order chi connectivity index (χ1) is 11.8. The molecule has 1 N–H and O–H groups in total. The second-order valence-corrected chi connectivity index (χ2v) is 6.83. The number of rotatable bonds is 2. The fourth-order valence-corrected chi connectivity index (χ4v) is 3.96. The molecule has 4 rings (SSSR count). The van der Waals surface area contributed by atoms with Crippen LogP contribution in [-0.4, -0.2) is 30.7 Å². The minimum Gasteiger partial charge on any atom is -0.490 e. The van der Waals surface area contributed by atoms with Gasteiger partial charge in [-0.2, -0.15) is 11.3 Å². The second-order valence-electron chi connectivity index (χ2n) is 6.05. The van der Waals surface area contributed by atoms with Gasteiger partial charge in [-0.05, 0) is 47.4 Å². The lowest BCUT2D eigenvalue weighted by Gasteiger charge is -2.24. The lowest BCUT2D eigenvalue weighted by atomic mass is 10.1. The maximum Gasteiger partial charge on any atom is 0.322 e. The summed E-state index contributed by atoms with van der Waals surface area (Å²) in [5.41, 5.74) is 1.96. The number of amides is 2. The van der Waals surface area contributed by atoms with Gasteiger partial charge in [0.15, 0.2) is 11.5 Å². The van der Waals surface area contributed by atoms with Gasteiger partial charge in [-0.25, -0.2) is 4.79 Å². The Morgan fingerprint density at radius 2 is 2.04 bits per heavy atom. The van der Waals surface area contributed by atoms with Crippen LogP contribution >= 0.6 is 11.3 Å². The number of ether oxygens (including phenoxy) is 2. The summed E-state index contributed by atoms with van der Waals surface area (Å²) in [5.74, 6) is 1.43. The number of hydrogen-bond acceptors (Lipinski definition) is 4. The van der Waals surface area contributed by atoms with Crippen LogP contribution in [0.2, 0.25) is 0 Å². The van der Waals surface area contributed by atoms with Crippen molar-refractivity contribution >= 4 is 23.1 Å². The zero-order valence-corrected chi connectivity index (χ0v) is 14.2. The van der Waals surface area contributed by atoms with E-state index in [4.69, 9.17) is 9.47 Å². The van der Waals surface area contributed by atoms with Gasteiger partial charge in [0.05, 0.1) is 19.3 Å². The van der Waals surface area contributed by atoms with Gasteiger partial charge in [-0.1, -0.05) is 0 Å². The number of hydrogen-bond donors (Lipinski definition) is 1. The molecule has 1 saturated heterocycles. The highest BCUT2D eigenvalue weighted by atomic mass is 32.1. The first-order valence-electron chi connectivity index (χ1n) is 8.30. The van der Waals surface area contributed by atoms with Gasteiger partial charge in [-0.15, -0.1) is 0 Å². The van der Waals surface area contributed by atoms with Gasteiger partial charge >= 0.3 is 6.03 Å². The predicted octanol–water partition coefficient (Wildman–Crippen LogP) is 4.28. The molecule has 0 aliphatic carbocycles. The second kappa shape index (κ2) is 6.73. The molecule has 2 aliphatic rings. The molecule has 24 heavy (non-hydrogen) atoms. The molecular weight excluding hydrogens is 324 g/mol. The quantitative estimate of drug-likeness (QED) is 0.885. The molecular formula is C18H20N2O3S. The Morgan fingerprint density at radius 3 is 2.88 bits per heavy atom. The monoisotopic (exact) mass is 344 g/mol. The molecule has 0 unspecified atom stereocenters. The van der Waals surface area contributed by atoms with Crippen LogP contribution < -0.4 is 14.8 Å². The number of anilines is 1. The van der Waals surface area contributed by atoms with E-state index < -0.39 is 0 Å². The number of benzene rings is 1. The molecule has 6 heteroatoms. The topological polar surface area (TPSA) is 50.8 Å². The number of nitrogens with zero attached hydrogens (tertiary/aromatic N) is 1. The molecule has 126 valence electrons. The summed E-state index contributed by atoms with van der Waals surface area (Å²) in [6, 6.07) is 7.79. The summed E-state index contributed by atoms with van der Waals surface area (Å²) in [7, 11) is 0. The van der Waals surface area contributed by atoms with Gasteiger partial charge in [0, 0.05) is 24.7 Å². The molecule has 2 aliphatic heterocycles. The van der Waals surface area contributed by atoms with Crippen LogP contribution in [0.15, 0.2) is 35.0 Å². The number of nitrogens with one attached hydrogen (secondary N) is 1. The Balaban J connectivity index is 1.48. The first-order valence-corrected chi connectivity index (χ1v) is 9.25. The highest BCUT2D eigenvalue weighted by Crippen LogP contribution is 2.35. The lowest BCUT2D eigenvalue weighted by molar-refractivity contribution is 0.207. The Labute approximate surface area is 145 Å². The van der Waals surface area contributed by atoms with Gasteiger partial charge < -0.3 is 19.7 Å². The van der Waals surface area contributed by atoms with E-state index in [9.17, 15) is 4.79 Å². The van der Waals surface area contributed by atoms with E-state index in [0.29, 0.717) is 19.0 Å². The van der Waals surface area contributed by atoms with E-state index in [1.165, 1.54) is 5.56 Å². The van der Waals surface area contributed by atoms with Crippen molar-refractivity contribution < 1.29 is 14.3 Å². The minimum atomic E-state index is -0.0572. The summed E-state index contributed by atoms with van der Waals surface area (Å²) < 4.78 is 11.3. The van der Waals surface area contributed by atoms with Crippen LogP contribution in [0.5, 0.6) is 11.5 Å². The summed E-state index contributed by atoms with van der Waals surface area (Å²) in [6.07, 6.45) is 2.92. The molecule has 2 aromatic rings. The van der Waals surface area contributed by atoms with Crippen molar-refractivity contribution in [2.75, 3.05) is 25.1 Å². The molecule has 3 heterocycles. The third-order valence-electron chi connectivity index (χ3n) is 4.44. The fraction of sp³-hybridized carbons (Fsp3) is 0.389. The number of carbonyl (C=O) groups excluding carboxylic acids is 1. The Morgan fingerprint density at radius 1 is 1.17 bits per heavy atom. The molecule has 2 amide bonds. The van der Waals surface area contributed by atoms with E-state index in [-0.39, 0.29) is 12.1 Å². The molecule has 1 aromatic heterocycles. The van der Waals surface area contributed by atoms with E-state index in [1.54, 1.807) is 11.3 Å². The van der Waals surface area contributed by atoms with Crippen LogP contribution in [0, 0.1) is 0 Å². The van der Waals surface area contributed by atoms with Crippen molar-refractivity contribution in [2.45, 2.75) is 25.3 Å². The largest absolute Gasteiger partial charge is 0.490 e. The number of fused-ring (bicyclic) bond motifs is 1. The van der Waals surface area contributed by atoms with Crippen molar-refractivity contribution in [3.63, 3.8) is 0 Å². The molecule has 0 saturated carbocycles. The third-order valence-corrected chi connectivity index (χ3v) is 5.14. The zero-order valence-electron chi connectivity index (χ0n) is 13.4. The van der Waals surface area contributed by atoms with Crippen LogP contribution in [0.3, 0.4) is 0 Å². The van der Waals surface area contributed by atoms with Crippen molar-refractivity contribution in [2.24, 2.45) is 0 Å². The van der Waals surface area contributed by atoms with Crippen molar-refractivity contribution in [3.05, 3.63) is 40.6 Å². The number of carbonyl (C=O) groups is 1. The lowest BCUT2D eigenvalue weighted by Crippen LogP contribution is -2.34. The van der Waals surface area contributed by atoms with E-state index in [0.717, 1.165) is 37.2 Å². The summed E-state index contributed by atoms with van der Waals surface area (Å²) >= 11 is 1.67. The average molecular weight is 344 g/mol. The molecule has 0 radical (unpaired) electrons. The van der Waals surface area contributed by atoms with Gasteiger partial charge in [-0.3, -0.25) is 0 Å². The standard InChI is InChI=1S/C18H20N2O3S/c21-18(20-7-1-3-15(20)13-6-10-24-12-13)19-14-4-5-16-17(11-14)23-9-2-8-22-16/h4-6,10-12,15H,1-3,7-9H2,(H,19,21)/t15-/m1/s1. The summed E-state index contributed by atoms with van der Waals surface area (Å²) in [6.45, 7) is 2.09.